The molecule has 0 spiro atoms. The summed E-state index contributed by atoms with van der Waals surface area (Å²) in [6.45, 7) is 0. The molecule has 1 aliphatic rings. The van der Waals surface area contributed by atoms with Crippen molar-refractivity contribution in [3.8, 4) is 0 Å². The first-order chi connectivity index (χ1) is 16.3. The summed E-state index contributed by atoms with van der Waals surface area (Å²) < 4.78 is 0.533. The van der Waals surface area contributed by atoms with Crippen molar-refractivity contribution in [2.45, 2.75) is 40.7 Å². The summed E-state index contributed by atoms with van der Waals surface area (Å²) in [5.74, 6) is 0.825. The highest BCUT2D eigenvalue weighted by molar-refractivity contribution is 14.1. The summed E-state index contributed by atoms with van der Waals surface area (Å²) in [7, 11) is 0. The van der Waals surface area contributed by atoms with Crippen molar-refractivity contribution in [1.82, 2.24) is 5.32 Å². The predicted molar refractivity (Wildman–Crippen MR) is 147 cm³/mol. The molecule has 1 aliphatic heterocycles. The molecule has 0 aromatic heterocycles. The molecule has 0 radical (unpaired) electrons. The van der Waals surface area contributed by atoms with Gasteiger partial charge in [0.05, 0.1) is 0 Å². The van der Waals surface area contributed by atoms with Crippen LogP contribution < -0.4 is 5.32 Å². The lowest BCUT2D eigenvalue weighted by Gasteiger charge is -2.41. The summed E-state index contributed by atoms with van der Waals surface area (Å²) in [6, 6.07) is 44.7. The third kappa shape index (κ3) is 5.07. The van der Waals surface area contributed by atoms with Crippen LogP contribution >= 0.6 is 22.6 Å². The molecule has 0 saturated carbocycles. The van der Waals surface area contributed by atoms with Gasteiger partial charge in [-0.25, -0.2) is 0 Å². The minimum absolute atomic E-state index is 0.229. The maximum atomic E-state index is 4.21. The van der Waals surface area contributed by atoms with Gasteiger partial charge in [0.1, 0.15) is 0 Å². The van der Waals surface area contributed by atoms with Crippen LogP contribution in [0.25, 0.3) is 0 Å². The molecular weight excluding hydrogens is 513 g/mol. The van der Waals surface area contributed by atoms with Crippen molar-refractivity contribution in [2.24, 2.45) is 0 Å². The Morgan fingerprint density at radius 1 is 0.485 bits per heavy atom. The van der Waals surface area contributed by atoms with Crippen LogP contribution in [0.3, 0.4) is 0 Å². The summed E-state index contributed by atoms with van der Waals surface area (Å²) in [5.41, 5.74) is 5.57. The van der Waals surface area contributed by atoms with E-state index in [2.05, 4.69) is 149 Å². The molecule has 1 N–H and O–H groups in total. The van der Waals surface area contributed by atoms with Gasteiger partial charge in [0.15, 0.2) is 0 Å². The molecule has 1 fully saturated rings. The molecular formula is C31H30IN. The van der Waals surface area contributed by atoms with Gasteiger partial charge in [-0.1, -0.05) is 144 Å². The van der Waals surface area contributed by atoms with Gasteiger partial charge in [0.25, 0.3) is 0 Å². The second-order valence-corrected chi connectivity index (χ2v) is 10.6. The van der Waals surface area contributed by atoms with Crippen LogP contribution in [0.2, 0.25) is 0 Å². The van der Waals surface area contributed by atoms with Crippen LogP contribution in [0.5, 0.6) is 0 Å². The number of benzene rings is 4. The Balaban J connectivity index is 1.63. The Bertz CT molecular complexity index is 1110. The fourth-order valence-electron chi connectivity index (χ4n) is 5.40. The molecule has 5 atom stereocenters. The zero-order valence-electron chi connectivity index (χ0n) is 18.7. The molecule has 0 bridgehead atoms. The van der Waals surface area contributed by atoms with Gasteiger partial charge in [-0.05, 0) is 35.1 Å². The summed E-state index contributed by atoms with van der Waals surface area (Å²) >= 11 is 2.72. The Morgan fingerprint density at radius 3 is 1.42 bits per heavy atom. The highest BCUT2D eigenvalue weighted by atomic mass is 127. The van der Waals surface area contributed by atoms with E-state index < -0.39 is 0 Å². The lowest BCUT2D eigenvalue weighted by atomic mass is 9.75. The van der Waals surface area contributed by atoms with Crippen LogP contribution in [0.4, 0.5) is 0 Å². The first-order valence-corrected chi connectivity index (χ1v) is 13.2. The zero-order valence-corrected chi connectivity index (χ0v) is 20.9. The van der Waals surface area contributed by atoms with Crippen LogP contribution in [0.1, 0.15) is 59.0 Å². The van der Waals surface area contributed by atoms with Gasteiger partial charge < -0.3 is 5.32 Å². The summed E-state index contributed by atoms with van der Waals surface area (Å²) in [6.07, 6.45) is 2.35. The van der Waals surface area contributed by atoms with E-state index in [0.29, 0.717) is 15.8 Å². The monoisotopic (exact) mass is 543 g/mol. The van der Waals surface area contributed by atoms with E-state index in [1.807, 2.05) is 0 Å². The molecule has 0 aliphatic carbocycles. The quantitative estimate of drug-likeness (QED) is 0.202. The smallest absolute Gasteiger partial charge is 0.0404 e. The molecule has 33 heavy (non-hydrogen) atoms. The molecule has 1 heterocycles. The van der Waals surface area contributed by atoms with Gasteiger partial charge >= 0.3 is 0 Å². The molecule has 4 aromatic rings. The van der Waals surface area contributed by atoms with Gasteiger partial charge in [0, 0.05) is 27.8 Å². The van der Waals surface area contributed by atoms with Gasteiger partial charge in [-0.2, -0.15) is 0 Å². The zero-order chi connectivity index (χ0) is 22.5. The van der Waals surface area contributed by atoms with Crippen LogP contribution in [-0.4, -0.2) is 3.92 Å². The van der Waals surface area contributed by atoms with E-state index in [1.54, 1.807) is 0 Å². The van der Waals surface area contributed by atoms with Crippen molar-refractivity contribution in [2.75, 3.05) is 0 Å². The Hall–Kier alpha value is -2.43. The second kappa shape index (κ2) is 10.7. The van der Waals surface area contributed by atoms with Gasteiger partial charge in [-0.3, -0.25) is 0 Å². The molecule has 2 heteroatoms. The summed E-state index contributed by atoms with van der Waals surface area (Å²) in [5, 5.41) is 4.21. The van der Waals surface area contributed by atoms with Crippen molar-refractivity contribution < 1.29 is 0 Å². The highest BCUT2D eigenvalue weighted by Crippen LogP contribution is 2.47. The fourth-order valence-corrected chi connectivity index (χ4v) is 6.59. The van der Waals surface area contributed by atoms with Crippen molar-refractivity contribution in [3.05, 3.63) is 144 Å². The Labute approximate surface area is 211 Å². The molecule has 4 aromatic carbocycles. The topological polar surface area (TPSA) is 12.0 Å². The normalized spacial score (nSPS) is 25.7. The van der Waals surface area contributed by atoms with Crippen molar-refractivity contribution in [1.29, 1.82) is 0 Å². The first-order valence-electron chi connectivity index (χ1n) is 11.9. The molecule has 0 amide bonds. The number of hydrogen-bond donors (Lipinski definition) is 1. The number of rotatable bonds is 4. The molecule has 5 unspecified atom stereocenters. The number of hydrogen-bond acceptors (Lipinski definition) is 1. The molecule has 166 valence electrons. The molecule has 5 rings (SSSR count). The second-order valence-electron chi connectivity index (χ2n) is 8.99. The maximum absolute atomic E-state index is 4.21. The third-order valence-electron chi connectivity index (χ3n) is 6.99. The summed E-state index contributed by atoms with van der Waals surface area (Å²) in [4.78, 5) is 0. The van der Waals surface area contributed by atoms with Crippen molar-refractivity contribution in [3.63, 3.8) is 0 Å². The fraction of sp³-hybridized carbons (Fsp3) is 0.226. The van der Waals surface area contributed by atoms with E-state index >= 15 is 0 Å². The molecule has 1 nitrogen and oxygen atoms in total. The SMILES string of the molecule is IC1CCC(c2ccccc2)C(c2ccccc2)NC(c2ccccc2)C1c1ccccc1. The number of halogens is 1. The van der Waals surface area contributed by atoms with Gasteiger partial charge in [0.2, 0.25) is 0 Å². The van der Waals surface area contributed by atoms with E-state index in [1.165, 1.54) is 28.7 Å². The lowest BCUT2D eigenvalue weighted by molar-refractivity contribution is 0.303. The minimum atomic E-state index is 0.229. The van der Waals surface area contributed by atoms with E-state index in [4.69, 9.17) is 0 Å². The number of alkyl halides is 1. The average Bonchev–Trinajstić information content (AvgIpc) is 2.88. The Kier molecular flexibility index (Phi) is 7.23. The molecule has 1 saturated heterocycles. The van der Waals surface area contributed by atoms with E-state index in [9.17, 15) is 0 Å². The van der Waals surface area contributed by atoms with Gasteiger partial charge in [-0.15, -0.1) is 0 Å². The Morgan fingerprint density at radius 2 is 0.909 bits per heavy atom. The maximum Gasteiger partial charge on any atom is 0.0404 e. The van der Waals surface area contributed by atoms with E-state index in [-0.39, 0.29) is 12.1 Å². The van der Waals surface area contributed by atoms with Crippen LogP contribution in [-0.2, 0) is 0 Å². The predicted octanol–water partition coefficient (Wildman–Crippen LogP) is 8.22. The minimum Gasteiger partial charge on any atom is -0.302 e. The largest absolute Gasteiger partial charge is 0.302 e. The average molecular weight is 543 g/mol. The van der Waals surface area contributed by atoms with Crippen LogP contribution in [0, 0.1) is 0 Å². The van der Waals surface area contributed by atoms with E-state index in [0.717, 1.165) is 6.42 Å². The number of nitrogens with one attached hydrogen (secondary N) is 1. The third-order valence-corrected chi connectivity index (χ3v) is 8.39. The lowest BCUT2D eigenvalue weighted by Crippen LogP contribution is -2.39. The first kappa shape index (κ1) is 22.4. The van der Waals surface area contributed by atoms with Crippen LogP contribution in [0.15, 0.2) is 121 Å². The highest BCUT2D eigenvalue weighted by Gasteiger charge is 2.38. The van der Waals surface area contributed by atoms with Crippen molar-refractivity contribution >= 4 is 22.6 Å². The standard InChI is InChI=1S/C31H30IN/c32-28-22-21-27(23-13-5-1-6-14-23)30(25-17-9-3-10-18-25)33-31(26-19-11-4-12-20-26)29(28)24-15-7-2-8-16-24/h1-20,27-31,33H,21-22H2.